The Morgan fingerprint density at radius 2 is 2.00 bits per heavy atom. The van der Waals surface area contributed by atoms with E-state index in [9.17, 15) is 4.79 Å². The average Bonchev–Trinajstić information content (AvgIpc) is 1.89. The standard InChI is InChI=1S/C6H12O2.C2H3N.H2O/c1-3-4-5-8-6(2)7;1-2-3;/h3-5H2,1-2H3;1H3;1H2. The topological polar surface area (TPSA) is 81.6 Å². The number of hydrogen-bond donors (Lipinski definition) is 0. The Hall–Kier alpha value is -1.08. The largest absolute Gasteiger partial charge is 0.466 e. The zero-order chi connectivity index (χ0) is 9.11. The summed E-state index contributed by atoms with van der Waals surface area (Å²) in [7, 11) is 0. The molecule has 0 aromatic heterocycles. The molecule has 12 heavy (non-hydrogen) atoms. The second-order valence-corrected chi connectivity index (χ2v) is 1.92. The van der Waals surface area contributed by atoms with Gasteiger partial charge in [0.2, 0.25) is 0 Å². The van der Waals surface area contributed by atoms with E-state index in [-0.39, 0.29) is 11.4 Å². The molecule has 4 heteroatoms. The summed E-state index contributed by atoms with van der Waals surface area (Å²) in [4.78, 5) is 10.1. The van der Waals surface area contributed by atoms with E-state index in [1.54, 1.807) is 6.07 Å². The van der Waals surface area contributed by atoms with Crippen LogP contribution >= 0.6 is 0 Å². The van der Waals surface area contributed by atoms with Gasteiger partial charge in [-0.1, -0.05) is 13.3 Å². The number of carbonyl (C=O) groups excluding carboxylic acids is 1. The molecular formula is C8H17NO3. The third kappa shape index (κ3) is 36.4. The maximum absolute atomic E-state index is 10.1. The van der Waals surface area contributed by atoms with Gasteiger partial charge < -0.3 is 10.2 Å². The SMILES string of the molecule is CC#N.CCCCOC(C)=O.O. The molecule has 0 aliphatic heterocycles. The minimum atomic E-state index is -0.182. The van der Waals surface area contributed by atoms with Crippen LogP contribution in [-0.2, 0) is 9.53 Å². The number of unbranched alkanes of at least 4 members (excludes halogenated alkanes) is 1. The van der Waals surface area contributed by atoms with Gasteiger partial charge in [-0.3, -0.25) is 4.79 Å². The van der Waals surface area contributed by atoms with Crippen molar-refractivity contribution in [2.45, 2.75) is 33.6 Å². The van der Waals surface area contributed by atoms with Gasteiger partial charge in [-0.25, -0.2) is 0 Å². The summed E-state index contributed by atoms with van der Waals surface area (Å²) in [6.45, 7) is 5.49. The molecule has 0 radical (unpaired) electrons. The van der Waals surface area contributed by atoms with Crippen molar-refractivity contribution in [1.29, 1.82) is 5.26 Å². The zero-order valence-electron chi connectivity index (χ0n) is 7.89. The third-order valence-electron chi connectivity index (χ3n) is 0.803. The molecule has 2 N–H and O–H groups in total. The molecule has 0 saturated carbocycles. The number of carbonyl (C=O) groups is 1. The van der Waals surface area contributed by atoms with Crippen molar-refractivity contribution in [3.05, 3.63) is 0 Å². The maximum Gasteiger partial charge on any atom is 0.302 e. The average molecular weight is 175 g/mol. The van der Waals surface area contributed by atoms with Crippen LogP contribution in [0.4, 0.5) is 0 Å². The van der Waals surface area contributed by atoms with Crippen molar-refractivity contribution in [1.82, 2.24) is 0 Å². The van der Waals surface area contributed by atoms with E-state index in [0.29, 0.717) is 6.61 Å². The number of nitrogens with zero attached hydrogens (tertiary/aromatic N) is 1. The van der Waals surface area contributed by atoms with Crippen molar-refractivity contribution in [3.8, 4) is 6.07 Å². The Kier molecular flexibility index (Phi) is 23.5. The van der Waals surface area contributed by atoms with Crippen molar-refractivity contribution in [2.24, 2.45) is 0 Å². The number of ether oxygens (including phenoxy) is 1. The molecule has 0 rings (SSSR count). The highest BCUT2D eigenvalue weighted by molar-refractivity contribution is 5.65. The Labute approximate surface area is 73.4 Å². The van der Waals surface area contributed by atoms with Crippen molar-refractivity contribution in [2.75, 3.05) is 6.61 Å². The highest BCUT2D eigenvalue weighted by Crippen LogP contribution is 1.86. The minimum Gasteiger partial charge on any atom is -0.466 e. The van der Waals surface area contributed by atoms with Crippen molar-refractivity contribution < 1.29 is 15.0 Å². The van der Waals surface area contributed by atoms with E-state index in [4.69, 9.17) is 5.26 Å². The lowest BCUT2D eigenvalue weighted by atomic mass is 10.4. The first-order valence-electron chi connectivity index (χ1n) is 3.63. The van der Waals surface area contributed by atoms with Crippen LogP contribution < -0.4 is 0 Å². The fourth-order valence-electron chi connectivity index (χ4n) is 0.360. The first kappa shape index (κ1) is 17.1. The van der Waals surface area contributed by atoms with E-state index in [2.05, 4.69) is 11.7 Å². The third-order valence-corrected chi connectivity index (χ3v) is 0.803. The zero-order valence-corrected chi connectivity index (χ0v) is 7.89. The van der Waals surface area contributed by atoms with E-state index in [1.165, 1.54) is 13.8 Å². The number of hydrogen-bond acceptors (Lipinski definition) is 3. The second-order valence-electron chi connectivity index (χ2n) is 1.92. The molecule has 0 aromatic carbocycles. The Morgan fingerprint density at radius 3 is 2.25 bits per heavy atom. The molecule has 0 bridgehead atoms. The van der Waals surface area contributed by atoms with Crippen LogP contribution in [0.2, 0.25) is 0 Å². The Morgan fingerprint density at radius 1 is 1.58 bits per heavy atom. The first-order valence-corrected chi connectivity index (χ1v) is 3.63. The van der Waals surface area contributed by atoms with Crippen LogP contribution in [0.5, 0.6) is 0 Å². The summed E-state index contributed by atoms with van der Waals surface area (Å²) < 4.78 is 4.64. The van der Waals surface area contributed by atoms with Crippen LogP contribution in [0, 0.1) is 11.3 Å². The molecule has 0 fully saturated rings. The molecule has 0 aromatic rings. The summed E-state index contributed by atoms with van der Waals surface area (Å²) in [5.74, 6) is -0.182. The highest BCUT2D eigenvalue weighted by atomic mass is 16.5. The fraction of sp³-hybridized carbons (Fsp3) is 0.750. The smallest absolute Gasteiger partial charge is 0.302 e. The van der Waals surface area contributed by atoms with Crippen LogP contribution in [-0.4, -0.2) is 18.1 Å². The van der Waals surface area contributed by atoms with Gasteiger partial charge in [0, 0.05) is 13.8 Å². The van der Waals surface area contributed by atoms with Gasteiger partial charge in [0.05, 0.1) is 12.7 Å². The molecular weight excluding hydrogens is 158 g/mol. The monoisotopic (exact) mass is 175 g/mol. The predicted octanol–water partition coefficient (Wildman–Crippen LogP) is 1.05. The van der Waals surface area contributed by atoms with Crippen LogP contribution in [0.25, 0.3) is 0 Å². The predicted molar refractivity (Wildman–Crippen MR) is 46.4 cm³/mol. The first-order chi connectivity index (χ1) is 5.18. The summed E-state index contributed by atoms with van der Waals surface area (Å²) in [6.07, 6.45) is 2.05. The summed E-state index contributed by atoms with van der Waals surface area (Å²) in [5.41, 5.74) is 0. The summed E-state index contributed by atoms with van der Waals surface area (Å²) in [5, 5.41) is 7.32. The molecule has 4 nitrogen and oxygen atoms in total. The Balaban J connectivity index is -0.000000177. The maximum atomic E-state index is 10.1. The Bertz CT molecular complexity index is 129. The van der Waals surface area contributed by atoms with Gasteiger partial charge in [-0.15, -0.1) is 0 Å². The minimum absolute atomic E-state index is 0. The molecule has 72 valence electrons. The number of rotatable bonds is 3. The van der Waals surface area contributed by atoms with Crippen LogP contribution in [0.1, 0.15) is 33.6 Å². The lowest BCUT2D eigenvalue weighted by Crippen LogP contribution is -1.99. The van der Waals surface area contributed by atoms with E-state index in [0.717, 1.165) is 12.8 Å². The molecule has 0 saturated heterocycles. The lowest BCUT2D eigenvalue weighted by Gasteiger charge is -1.96. The van der Waals surface area contributed by atoms with Crippen molar-refractivity contribution >= 4 is 5.97 Å². The molecule has 0 atom stereocenters. The van der Waals surface area contributed by atoms with E-state index in [1.807, 2.05) is 0 Å². The molecule has 0 spiro atoms. The van der Waals surface area contributed by atoms with Crippen LogP contribution in [0.3, 0.4) is 0 Å². The van der Waals surface area contributed by atoms with E-state index >= 15 is 0 Å². The van der Waals surface area contributed by atoms with Gasteiger partial charge in [0.15, 0.2) is 0 Å². The van der Waals surface area contributed by atoms with Gasteiger partial charge in [0.25, 0.3) is 0 Å². The quantitative estimate of drug-likeness (QED) is 0.475. The summed E-state index contributed by atoms with van der Waals surface area (Å²) in [6, 6.07) is 1.75. The lowest BCUT2D eigenvalue weighted by molar-refractivity contribution is -0.141. The summed E-state index contributed by atoms with van der Waals surface area (Å²) >= 11 is 0. The van der Waals surface area contributed by atoms with E-state index < -0.39 is 0 Å². The molecule has 0 amide bonds. The van der Waals surface area contributed by atoms with Gasteiger partial charge >= 0.3 is 5.97 Å². The molecule has 0 unspecified atom stereocenters. The van der Waals surface area contributed by atoms with Crippen molar-refractivity contribution in [3.63, 3.8) is 0 Å². The van der Waals surface area contributed by atoms with Gasteiger partial charge in [-0.05, 0) is 6.42 Å². The van der Waals surface area contributed by atoms with Gasteiger partial charge in [0.1, 0.15) is 0 Å². The fourth-order valence-corrected chi connectivity index (χ4v) is 0.360. The number of esters is 1. The molecule has 0 aliphatic rings. The van der Waals surface area contributed by atoms with Gasteiger partial charge in [-0.2, -0.15) is 5.26 Å². The number of nitriles is 1. The van der Waals surface area contributed by atoms with Crippen LogP contribution in [0.15, 0.2) is 0 Å². The highest BCUT2D eigenvalue weighted by Gasteiger charge is 1.88. The molecule has 0 aliphatic carbocycles. The second kappa shape index (κ2) is 16.5. The molecule has 0 heterocycles. The normalized spacial score (nSPS) is 6.50.